The van der Waals surface area contributed by atoms with Crippen LogP contribution < -0.4 is 4.74 Å². The molecule has 1 aliphatic rings. The van der Waals surface area contributed by atoms with Gasteiger partial charge in [-0.1, -0.05) is 32.9 Å². The second-order valence-corrected chi connectivity index (χ2v) is 6.64. The lowest BCUT2D eigenvalue weighted by Gasteiger charge is -2.22. The molecule has 1 aromatic rings. The highest BCUT2D eigenvalue weighted by Gasteiger charge is 2.23. The van der Waals surface area contributed by atoms with Crippen molar-refractivity contribution in [2.45, 2.75) is 45.1 Å². The molecule has 0 bridgehead atoms. The van der Waals surface area contributed by atoms with E-state index in [2.05, 4.69) is 37.8 Å². The molecule has 3 heteroatoms. The summed E-state index contributed by atoms with van der Waals surface area (Å²) in [6.07, 6.45) is 2.29. The molecule has 1 fully saturated rings. The fraction of sp³-hybridized carbons (Fsp3) is 0.647. The topological polar surface area (TPSA) is 32.7 Å². The zero-order valence-corrected chi connectivity index (χ0v) is 12.9. The Hall–Kier alpha value is -1.06. The van der Waals surface area contributed by atoms with Crippen LogP contribution in [0, 0.1) is 0 Å². The highest BCUT2D eigenvalue weighted by Crippen LogP contribution is 2.24. The molecule has 1 aromatic carbocycles. The average Bonchev–Trinajstić information content (AvgIpc) is 2.86. The standard InChI is InChI=1S/C17H27NO2/c1-17(2,3)14-6-8-16(9-7-14)20-12-11-18-10-4-5-15(18)13-19/h6-9,15,19H,4-5,10-13H2,1-3H3. The summed E-state index contributed by atoms with van der Waals surface area (Å²) in [6, 6.07) is 8.72. The first kappa shape index (κ1) is 15.3. The summed E-state index contributed by atoms with van der Waals surface area (Å²) in [4.78, 5) is 2.32. The van der Waals surface area contributed by atoms with Crippen molar-refractivity contribution in [1.29, 1.82) is 0 Å². The Bertz CT molecular complexity index is 408. The predicted octanol–water partition coefficient (Wildman–Crippen LogP) is 2.82. The summed E-state index contributed by atoms with van der Waals surface area (Å²) in [5, 5.41) is 9.28. The fourth-order valence-corrected chi connectivity index (χ4v) is 2.73. The number of likely N-dealkylation sites (tertiary alicyclic amines) is 1. The lowest BCUT2D eigenvalue weighted by molar-refractivity contribution is 0.139. The zero-order valence-electron chi connectivity index (χ0n) is 12.9. The van der Waals surface area contributed by atoms with Gasteiger partial charge in [0.25, 0.3) is 0 Å². The summed E-state index contributed by atoms with van der Waals surface area (Å²) in [7, 11) is 0. The van der Waals surface area contributed by atoms with Gasteiger partial charge < -0.3 is 9.84 Å². The van der Waals surface area contributed by atoms with Gasteiger partial charge in [-0.15, -0.1) is 0 Å². The molecule has 0 saturated carbocycles. The molecule has 1 atom stereocenters. The first-order valence-corrected chi connectivity index (χ1v) is 7.59. The van der Waals surface area contributed by atoms with Crippen LogP contribution in [0.15, 0.2) is 24.3 Å². The molecule has 3 nitrogen and oxygen atoms in total. The SMILES string of the molecule is CC(C)(C)c1ccc(OCCN2CCCC2CO)cc1. The van der Waals surface area contributed by atoms with Gasteiger partial charge in [-0.25, -0.2) is 0 Å². The maximum atomic E-state index is 9.28. The number of rotatable bonds is 5. The molecule has 1 saturated heterocycles. The monoisotopic (exact) mass is 277 g/mol. The molecule has 1 heterocycles. The summed E-state index contributed by atoms with van der Waals surface area (Å²) >= 11 is 0. The summed E-state index contributed by atoms with van der Waals surface area (Å²) in [5.74, 6) is 0.928. The maximum absolute atomic E-state index is 9.28. The van der Waals surface area contributed by atoms with Crippen molar-refractivity contribution in [2.24, 2.45) is 0 Å². The van der Waals surface area contributed by atoms with E-state index < -0.39 is 0 Å². The van der Waals surface area contributed by atoms with Crippen LogP contribution in [-0.4, -0.2) is 42.4 Å². The first-order valence-electron chi connectivity index (χ1n) is 7.59. The highest BCUT2D eigenvalue weighted by molar-refractivity contribution is 5.31. The second kappa shape index (κ2) is 6.59. The lowest BCUT2D eigenvalue weighted by Crippen LogP contribution is -2.35. The van der Waals surface area contributed by atoms with Crippen molar-refractivity contribution >= 4 is 0 Å². The van der Waals surface area contributed by atoms with Crippen LogP contribution in [0.2, 0.25) is 0 Å². The van der Waals surface area contributed by atoms with E-state index >= 15 is 0 Å². The minimum atomic E-state index is 0.183. The zero-order chi connectivity index (χ0) is 14.6. The van der Waals surface area contributed by atoms with Crippen molar-refractivity contribution in [3.8, 4) is 5.75 Å². The van der Waals surface area contributed by atoms with E-state index in [0.717, 1.165) is 25.3 Å². The van der Waals surface area contributed by atoms with E-state index in [9.17, 15) is 5.11 Å². The Balaban J connectivity index is 1.80. The molecule has 0 spiro atoms. The molecular formula is C17H27NO2. The average molecular weight is 277 g/mol. The van der Waals surface area contributed by atoms with Crippen LogP contribution in [-0.2, 0) is 5.41 Å². The highest BCUT2D eigenvalue weighted by atomic mass is 16.5. The molecule has 1 N–H and O–H groups in total. The minimum Gasteiger partial charge on any atom is -0.492 e. The first-order chi connectivity index (χ1) is 9.50. The van der Waals surface area contributed by atoms with E-state index in [1.165, 1.54) is 12.0 Å². The van der Waals surface area contributed by atoms with Gasteiger partial charge in [0.05, 0.1) is 6.61 Å². The van der Waals surface area contributed by atoms with Gasteiger partial charge in [-0.2, -0.15) is 0 Å². The van der Waals surface area contributed by atoms with Crippen molar-refractivity contribution < 1.29 is 9.84 Å². The molecule has 2 rings (SSSR count). The van der Waals surface area contributed by atoms with Crippen LogP contribution >= 0.6 is 0 Å². The summed E-state index contributed by atoms with van der Waals surface area (Å²) in [6.45, 7) is 9.57. The number of benzene rings is 1. The third kappa shape index (κ3) is 3.97. The number of aliphatic hydroxyl groups excluding tert-OH is 1. The van der Waals surface area contributed by atoms with E-state index in [1.807, 2.05) is 12.1 Å². The Labute approximate surface area is 122 Å². The maximum Gasteiger partial charge on any atom is 0.119 e. The fourth-order valence-electron chi connectivity index (χ4n) is 2.73. The number of hydrogen-bond acceptors (Lipinski definition) is 3. The van der Waals surface area contributed by atoms with Crippen molar-refractivity contribution in [1.82, 2.24) is 4.90 Å². The van der Waals surface area contributed by atoms with Gasteiger partial charge >= 0.3 is 0 Å². The third-order valence-corrected chi connectivity index (χ3v) is 4.08. The van der Waals surface area contributed by atoms with E-state index in [0.29, 0.717) is 12.6 Å². The van der Waals surface area contributed by atoms with Crippen molar-refractivity contribution in [3.05, 3.63) is 29.8 Å². The Morgan fingerprint density at radius 1 is 1.25 bits per heavy atom. The molecular weight excluding hydrogens is 250 g/mol. The molecule has 0 aromatic heterocycles. The van der Waals surface area contributed by atoms with Gasteiger partial charge in [0.2, 0.25) is 0 Å². The molecule has 1 unspecified atom stereocenters. The van der Waals surface area contributed by atoms with Crippen LogP contribution in [0.3, 0.4) is 0 Å². The molecule has 112 valence electrons. The van der Waals surface area contributed by atoms with Gasteiger partial charge in [-0.3, -0.25) is 4.90 Å². The van der Waals surface area contributed by atoms with Crippen LogP contribution in [0.4, 0.5) is 0 Å². The van der Waals surface area contributed by atoms with E-state index in [4.69, 9.17) is 4.74 Å². The van der Waals surface area contributed by atoms with Crippen molar-refractivity contribution in [2.75, 3.05) is 26.3 Å². The van der Waals surface area contributed by atoms with Gasteiger partial charge in [0.15, 0.2) is 0 Å². The van der Waals surface area contributed by atoms with Crippen LogP contribution in [0.25, 0.3) is 0 Å². The quantitative estimate of drug-likeness (QED) is 0.898. The Morgan fingerprint density at radius 2 is 1.95 bits per heavy atom. The molecule has 0 aliphatic carbocycles. The van der Waals surface area contributed by atoms with Gasteiger partial charge in [-0.05, 0) is 42.5 Å². The lowest BCUT2D eigenvalue weighted by atomic mass is 9.87. The van der Waals surface area contributed by atoms with Crippen LogP contribution in [0.1, 0.15) is 39.2 Å². The Kier molecular flexibility index (Phi) is 5.06. The van der Waals surface area contributed by atoms with Crippen molar-refractivity contribution in [3.63, 3.8) is 0 Å². The third-order valence-electron chi connectivity index (χ3n) is 4.08. The summed E-state index contributed by atoms with van der Waals surface area (Å²) < 4.78 is 5.81. The molecule has 1 aliphatic heterocycles. The smallest absolute Gasteiger partial charge is 0.119 e. The number of nitrogens with zero attached hydrogens (tertiary/aromatic N) is 1. The van der Waals surface area contributed by atoms with E-state index in [-0.39, 0.29) is 12.0 Å². The number of ether oxygens (including phenoxy) is 1. The largest absolute Gasteiger partial charge is 0.492 e. The van der Waals surface area contributed by atoms with E-state index in [1.54, 1.807) is 0 Å². The summed E-state index contributed by atoms with van der Waals surface area (Å²) in [5.41, 5.74) is 1.51. The van der Waals surface area contributed by atoms with Crippen LogP contribution in [0.5, 0.6) is 5.75 Å². The second-order valence-electron chi connectivity index (χ2n) is 6.64. The number of hydrogen-bond donors (Lipinski definition) is 1. The molecule has 0 amide bonds. The number of aliphatic hydroxyl groups is 1. The predicted molar refractivity (Wildman–Crippen MR) is 82.3 cm³/mol. The molecule has 20 heavy (non-hydrogen) atoms. The Morgan fingerprint density at radius 3 is 2.55 bits per heavy atom. The molecule has 0 radical (unpaired) electrons. The minimum absolute atomic E-state index is 0.183. The van der Waals surface area contributed by atoms with Gasteiger partial charge in [0, 0.05) is 12.6 Å². The normalized spacial score (nSPS) is 20.3. The van der Waals surface area contributed by atoms with Gasteiger partial charge in [0.1, 0.15) is 12.4 Å².